The van der Waals surface area contributed by atoms with E-state index in [9.17, 15) is 0 Å². The number of nitrogens with one attached hydrogen (secondary N) is 1. The first-order chi connectivity index (χ1) is 8.68. The first-order valence-electron chi connectivity index (χ1n) is 6.02. The fourth-order valence-corrected chi connectivity index (χ4v) is 1.90. The Balaban J connectivity index is 2.14. The molecule has 0 bridgehead atoms. The lowest BCUT2D eigenvalue weighted by atomic mass is 10.1. The summed E-state index contributed by atoms with van der Waals surface area (Å²) < 4.78 is 0. The Labute approximate surface area is 108 Å². The second kappa shape index (κ2) is 5.45. The van der Waals surface area contributed by atoms with Gasteiger partial charge in [-0.05, 0) is 23.8 Å². The average Bonchev–Trinajstić information content (AvgIpc) is 2.38. The van der Waals surface area contributed by atoms with E-state index in [0.717, 1.165) is 23.5 Å². The number of hydrogen-bond acceptors (Lipinski definition) is 3. The molecule has 0 saturated heterocycles. The Morgan fingerprint density at radius 3 is 2.39 bits per heavy atom. The molecule has 0 radical (unpaired) electrons. The zero-order valence-corrected chi connectivity index (χ0v) is 10.9. The SMILES string of the molecule is CN(C)c1ccccc1NCc1ccccc1N. The summed E-state index contributed by atoms with van der Waals surface area (Å²) in [5.74, 6) is 0. The molecule has 0 aliphatic heterocycles. The molecule has 0 aliphatic rings. The van der Waals surface area contributed by atoms with Crippen LogP contribution in [0.2, 0.25) is 0 Å². The van der Waals surface area contributed by atoms with E-state index in [0.29, 0.717) is 0 Å². The highest BCUT2D eigenvalue weighted by atomic mass is 15.1. The number of nitrogen functional groups attached to an aromatic ring is 1. The number of nitrogens with two attached hydrogens (primary N) is 1. The predicted octanol–water partition coefficient (Wildman–Crippen LogP) is 2.95. The van der Waals surface area contributed by atoms with Crippen molar-refractivity contribution in [3.05, 3.63) is 54.1 Å². The summed E-state index contributed by atoms with van der Waals surface area (Å²) in [6.07, 6.45) is 0. The second-order valence-electron chi connectivity index (χ2n) is 4.46. The minimum absolute atomic E-state index is 0.734. The quantitative estimate of drug-likeness (QED) is 0.809. The molecule has 0 saturated carbocycles. The van der Waals surface area contributed by atoms with Crippen LogP contribution in [0.25, 0.3) is 0 Å². The average molecular weight is 241 g/mol. The van der Waals surface area contributed by atoms with Gasteiger partial charge in [0.05, 0.1) is 11.4 Å². The van der Waals surface area contributed by atoms with Crippen molar-refractivity contribution in [3.8, 4) is 0 Å². The molecule has 3 N–H and O–H groups in total. The molecular weight excluding hydrogens is 222 g/mol. The molecule has 18 heavy (non-hydrogen) atoms. The van der Waals surface area contributed by atoms with Crippen molar-refractivity contribution in [2.75, 3.05) is 30.0 Å². The maximum atomic E-state index is 5.93. The molecule has 0 fully saturated rings. The Morgan fingerprint density at radius 2 is 1.67 bits per heavy atom. The van der Waals surface area contributed by atoms with Crippen LogP contribution in [0.1, 0.15) is 5.56 Å². The molecule has 2 aromatic rings. The Bertz CT molecular complexity index is 521. The second-order valence-corrected chi connectivity index (χ2v) is 4.46. The van der Waals surface area contributed by atoms with Gasteiger partial charge in [-0.3, -0.25) is 0 Å². The van der Waals surface area contributed by atoms with Gasteiger partial charge in [0.15, 0.2) is 0 Å². The molecule has 94 valence electrons. The van der Waals surface area contributed by atoms with E-state index >= 15 is 0 Å². The van der Waals surface area contributed by atoms with Gasteiger partial charge in [-0.25, -0.2) is 0 Å². The number of para-hydroxylation sites is 3. The molecule has 2 rings (SSSR count). The van der Waals surface area contributed by atoms with Crippen molar-refractivity contribution in [2.45, 2.75) is 6.54 Å². The van der Waals surface area contributed by atoms with Crippen molar-refractivity contribution in [3.63, 3.8) is 0 Å². The zero-order valence-electron chi connectivity index (χ0n) is 10.9. The van der Waals surface area contributed by atoms with Crippen LogP contribution in [0.4, 0.5) is 17.1 Å². The van der Waals surface area contributed by atoms with Crippen molar-refractivity contribution in [1.29, 1.82) is 0 Å². The monoisotopic (exact) mass is 241 g/mol. The third-order valence-corrected chi connectivity index (χ3v) is 2.91. The van der Waals surface area contributed by atoms with Crippen LogP contribution in [0.15, 0.2) is 48.5 Å². The summed E-state index contributed by atoms with van der Waals surface area (Å²) in [6, 6.07) is 16.2. The van der Waals surface area contributed by atoms with E-state index < -0.39 is 0 Å². The molecule has 0 aromatic heterocycles. The molecule has 2 aromatic carbocycles. The number of anilines is 3. The fraction of sp³-hybridized carbons (Fsp3) is 0.200. The lowest BCUT2D eigenvalue weighted by Gasteiger charge is -2.18. The molecule has 3 heteroatoms. The van der Waals surface area contributed by atoms with Crippen LogP contribution in [-0.2, 0) is 6.54 Å². The first-order valence-corrected chi connectivity index (χ1v) is 6.02. The molecule has 0 heterocycles. The summed E-state index contributed by atoms with van der Waals surface area (Å²) in [5.41, 5.74) is 10.2. The van der Waals surface area contributed by atoms with Gasteiger partial charge >= 0.3 is 0 Å². The third kappa shape index (κ3) is 2.74. The highest BCUT2D eigenvalue weighted by Gasteiger charge is 2.03. The number of nitrogens with zero attached hydrogens (tertiary/aromatic N) is 1. The van der Waals surface area contributed by atoms with E-state index in [-0.39, 0.29) is 0 Å². The Hall–Kier alpha value is -2.16. The highest BCUT2D eigenvalue weighted by Crippen LogP contribution is 2.24. The summed E-state index contributed by atoms with van der Waals surface area (Å²) in [7, 11) is 4.08. The highest BCUT2D eigenvalue weighted by molar-refractivity contribution is 5.69. The lowest BCUT2D eigenvalue weighted by Crippen LogP contribution is -2.12. The molecule has 0 atom stereocenters. The van der Waals surface area contributed by atoms with E-state index in [4.69, 9.17) is 5.73 Å². The predicted molar refractivity (Wildman–Crippen MR) is 79.0 cm³/mol. The van der Waals surface area contributed by atoms with E-state index in [2.05, 4.69) is 22.3 Å². The Morgan fingerprint density at radius 1 is 1.00 bits per heavy atom. The van der Waals surface area contributed by atoms with Crippen LogP contribution in [0.3, 0.4) is 0 Å². The van der Waals surface area contributed by atoms with Crippen molar-refractivity contribution in [1.82, 2.24) is 0 Å². The number of hydrogen-bond donors (Lipinski definition) is 2. The fourth-order valence-electron chi connectivity index (χ4n) is 1.90. The van der Waals surface area contributed by atoms with Crippen LogP contribution < -0.4 is 16.0 Å². The molecule has 0 amide bonds. The van der Waals surface area contributed by atoms with Crippen molar-refractivity contribution in [2.24, 2.45) is 0 Å². The van der Waals surface area contributed by atoms with Gasteiger partial charge < -0.3 is 16.0 Å². The molecule has 0 unspecified atom stereocenters. The Kier molecular flexibility index (Phi) is 3.72. The van der Waals surface area contributed by atoms with Gasteiger partial charge in [0.25, 0.3) is 0 Å². The van der Waals surface area contributed by atoms with Gasteiger partial charge in [-0.2, -0.15) is 0 Å². The molecular formula is C15H19N3. The molecule has 3 nitrogen and oxygen atoms in total. The number of rotatable bonds is 4. The minimum Gasteiger partial charge on any atom is -0.398 e. The smallest absolute Gasteiger partial charge is 0.0596 e. The number of benzene rings is 2. The largest absolute Gasteiger partial charge is 0.398 e. The minimum atomic E-state index is 0.734. The van der Waals surface area contributed by atoms with Gasteiger partial charge in [-0.15, -0.1) is 0 Å². The van der Waals surface area contributed by atoms with Crippen LogP contribution in [-0.4, -0.2) is 14.1 Å². The summed E-state index contributed by atoms with van der Waals surface area (Å²) in [6.45, 7) is 0.734. The zero-order chi connectivity index (χ0) is 13.0. The topological polar surface area (TPSA) is 41.3 Å². The van der Waals surface area contributed by atoms with Gasteiger partial charge in [-0.1, -0.05) is 30.3 Å². The standard InChI is InChI=1S/C15H19N3/c1-18(2)15-10-6-5-9-14(15)17-11-12-7-3-4-8-13(12)16/h3-10,17H,11,16H2,1-2H3. The van der Waals surface area contributed by atoms with E-state index in [1.165, 1.54) is 5.69 Å². The van der Waals surface area contributed by atoms with Crippen LogP contribution in [0.5, 0.6) is 0 Å². The summed E-state index contributed by atoms with van der Waals surface area (Å²) in [4.78, 5) is 2.09. The van der Waals surface area contributed by atoms with Gasteiger partial charge in [0.1, 0.15) is 0 Å². The van der Waals surface area contributed by atoms with Gasteiger partial charge in [0, 0.05) is 26.3 Å². The summed E-state index contributed by atoms with van der Waals surface area (Å²) in [5, 5.41) is 3.43. The van der Waals surface area contributed by atoms with Crippen LogP contribution >= 0.6 is 0 Å². The van der Waals surface area contributed by atoms with Crippen molar-refractivity contribution >= 4 is 17.1 Å². The van der Waals surface area contributed by atoms with Crippen LogP contribution in [0, 0.1) is 0 Å². The normalized spacial score (nSPS) is 10.1. The first kappa shape index (κ1) is 12.3. The van der Waals surface area contributed by atoms with E-state index in [1.54, 1.807) is 0 Å². The van der Waals surface area contributed by atoms with E-state index in [1.807, 2.05) is 50.5 Å². The third-order valence-electron chi connectivity index (χ3n) is 2.91. The van der Waals surface area contributed by atoms with Crippen molar-refractivity contribution < 1.29 is 0 Å². The molecule has 0 aliphatic carbocycles. The molecule has 0 spiro atoms. The summed E-state index contributed by atoms with van der Waals surface area (Å²) >= 11 is 0. The maximum absolute atomic E-state index is 5.93. The maximum Gasteiger partial charge on any atom is 0.0596 e. The lowest BCUT2D eigenvalue weighted by molar-refractivity contribution is 1.10. The van der Waals surface area contributed by atoms with Gasteiger partial charge in [0.2, 0.25) is 0 Å².